The number of aryl methyl sites for hydroxylation is 1. The summed E-state index contributed by atoms with van der Waals surface area (Å²) in [6, 6.07) is 0. The minimum atomic E-state index is -2.38. The lowest BCUT2D eigenvalue weighted by Crippen LogP contribution is -2.53. The van der Waals surface area contributed by atoms with Gasteiger partial charge in [-0.15, -0.1) is 0 Å². The lowest BCUT2D eigenvalue weighted by molar-refractivity contribution is -0.119. The van der Waals surface area contributed by atoms with Gasteiger partial charge >= 0.3 is 0 Å². The van der Waals surface area contributed by atoms with E-state index in [-0.39, 0.29) is 13.1 Å². The Balaban J connectivity index is 0. The standard InChI is InChI=1S/C4H7F2N.C4H5NO.2C2H6/c1-7-2-4(5,6)3-7;1-4-2-5-3-6-4;2*1-2/h2-3H2,1H3;2-3H,1H3;2*1-2H3. The van der Waals surface area contributed by atoms with E-state index in [1.165, 1.54) is 6.39 Å². The van der Waals surface area contributed by atoms with Crippen LogP contribution in [0, 0.1) is 6.92 Å². The number of rotatable bonds is 0. The third-order valence-corrected chi connectivity index (χ3v) is 1.56. The van der Waals surface area contributed by atoms with E-state index in [9.17, 15) is 8.78 Å². The van der Waals surface area contributed by atoms with Crippen LogP contribution in [0.1, 0.15) is 33.5 Å². The van der Waals surface area contributed by atoms with Crippen molar-refractivity contribution in [3.8, 4) is 0 Å². The molecule has 102 valence electrons. The Bertz CT molecular complexity index is 243. The molecular formula is C12H24F2N2O. The summed E-state index contributed by atoms with van der Waals surface area (Å²) in [5.74, 6) is -1.52. The van der Waals surface area contributed by atoms with Gasteiger partial charge in [-0.3, -0.25) is 4.90 Å². The first-order valence-electron chi connectivity index (χ1n) is 5.91. The van der Waals surface area contributed by atoms with Crippen molar-refractivity contribution in [1.82, 2.24) is 9.88 Å². The van der Waals surface area contributed by atoms with Gasteiger partial charge in [-0.1, -0.05) is 27.7 Å². The zero-order chi connectivity index (χ0) is 13.9. The molecule has 0 saturated carbocycles. The van der Waals surface area contributed by atoms with Crippen molar-refractivity contribution in [1.29, 1.82) is 0 Å². The lowest BCUT2D eigenvalue weighted by atomic mass is 10.2. The average molecular weight is 250 g/mol. The maximum Gasteiger partial charge on any atom is 0.272 e. The molecule has 0 aromatic carbocycles. The van der Waals surface area contributed by atoms with Crippen LogP contribution in [-0.2, 0) is 0 Å². The van der Waals surface area contributed by atoms with Gasteiger partial charge in [0.2, 0.25) is 0 Å². The summed E-state index contributed by atoms with van der Waals surface area (Å²) in [4.78, 5) is 5.24. The lowest BCUT2D eigenvalue weighted by Gasteiger charge is -2.35. The van der Waals surface area contributed by atoms with Crippen LogP contribution in [0.3, 0.4) is 0 Å². The van der Waals surface area contributed by atoms with E-state index in [1.54, 1.807) is 18.1 Å². The van der Waals surface area contributed by atoms with Crippen LogP contribution in [0.5, 0.6) is 0 Å². The minimum Gasteiger partial charge on any atom is -0.449 e. The van der Waals surface area contributed by atoms with Gasteiger partial charge in [0.1, 0.15) is 5.76 Å². The van der Waals surface area contributed by atoms with Gasteiger partial charge in [-0.05, 0) is 14.0 Å². The second-order valence-corrected chi connectivity index (χ2v) is 3.14. The van der Waals surface area contributed by atoms with E-state index in [0.717, 1.165) is 5.76 Å². The molecule has 1 aliphatic rings. The number of aromatic nitrogens is 1. The fourth-order valence-corrected chi connectivity index (χ4v) is 1.02. The molecule has 0 bridgehead atoms. The van der Waals surface area contributed by atoms with Crippen LogP contribution in [0.2, 0.25) is 0 Å². The molecule has 0 spiro atoms. The molecule has 1 fully saturated rings. The zero-order valence-electron chi connectivity index (χ0n) is 11.6. The third kappa shape index (κ3) is 9.93. The summed E-state index contributed by atoms with van der Waals surface area (Å²) < 4.78 is 28.2. The Hall–Kier alpha value is -0.970. The number of nitrogens with zero attached hydrogens (tertiary/aromatic N) is 2. The Labute approximate surface area is 103 Å². The minimum absolute atomic E-state index is 0.0625. The average Bonchev–Trinajstić information content (AvgIpc) is 2.73. The van der Waals surface area contributed by atoms with E-state index in [1.807, 2.05) is 34.6 Å². The molecule has 0 unspecified atom stereocenters. The summed E-state index contributed by atoms with van der Waals surface area (Å²) in [6.07, 6.45) is 3.08. The molecule has 1 aliphatic heterocycles. The smallest absolute Gasteiger partial charge is 0.272 e. The topological polar surface area (TPSA) is 29.3 Å². The van der Waals surface area contributed by atoms with Crippen molar-refractivity contribution in [2.24, 2.45) is 0 Å². The number of hydrogen-bond acceptors (Lipinski definition) is 3. The molecule has 1 saturated heterocycles. The molecule has 0 atom stereocenters. The van der Waals surface area contributed by atoms with Gasteiger partial charge in [-0.2, -0.15) is 0 Å². The van der Waals surface area contributed by atoms with E-state index < -0.39 is 5.92 Å². The Morgan fingerprint density at radius 2 is 1.71 bits per heavy atom. The summed E-state index contributed by atoms with van der Waals surface area (Å²) in [7, 11) is 1.68. The second-order valence-electron chi connectivity index (χ2n) is 3.14. The van der Waals surface area contributed by atoms with Gasteiger partial charge in [-0.25, -0.2) is 13.8 Å². The number of hydrogen-bond donors (Lipinski definition) is 0. The van der Waals surface area contributed by atoms with Crippen molar-refractivity contribution < 1.29 is 13.2 Å². The quantitative estimate of drug-likeness (QED) is 0.704. The maximum absolute atomic E-state index is 11.7. The van der Waals surface area contributed by atoms with Gasteiger partial charge < -0.3 is 4.42 Å². The molecular weight excluding hydrogens is 226 g/mol. The molecule has 0 radical (unpaired) electrons. The zero-order valence-corrected chi connectivity index (χ0v) is 11.6. The van der Waals surface area contributed by atoms with Gasteiger partial charge in [0.05, 0.1) is 19.3 Å². The van der Waals surface area contributed by atoms with Crippen LogP contribution in [-0.4, -0.2) is 35.9 Å². The normalized spacial score (nSPS) is 16.0. The van der Waals surface area contributed by atoms with Crippen molar-refractivity contribution in [3.05, 3.63) is 18.4 Å². The largest absolute Gasteiger partial charge is 0.449 e. The predicted molar refractivity (Wildman–Crippen MR) is 66.4 cm³/mol. The molecule has 0 amide bonds. The van der Waals surface area contributed by atoms with Crippen molar-refractivity contribution >= 4 is 0 Å². The molecule has 2 rings (SSSR count). The Kier molecular flexibility index (Phi) is 11.0. The summed E-state index contributed by atoms with van der Waals surface area (Å²) in [6.45, 7) is 9.73. The van der Waals surface area contributed by atoms with Crippen LogP contribution < -0.4 is 0 Å². The second kappa shape index (κ2) is 10.2. The number of alkyl halides is 2. The summed E-state index contributed by atoms with van der Waals surface area (Å²) in [5, 5.41) is 0. The Morgan fingerprint density at radius 1 is 1.24 bits per heavy atom. The highest BCUT2D eigenvalue weighted by Gasteiger charge is 2.41. The van der Waals surface area contributed by atoms with Gasteiger partial charge in [0, 0.05) is 0 Å². The van der Waals surface area contributed by atoms with E-state index >= 15 is 0 Å². The van der Waals surface area contributed by atoms with Gasteiger partial charge in [0.25, 0.3) is 5.92 Å². The predicted octanol–water partition coefficient (Wildman–Crippen LogP) is 3.60. The summed E-state index contributed by atoms with van der Waals surface area (Å²) in [5.41, 5.74) is 0. The monoisotopic (exact) mass is 250 g/mol. The van der Waals surface area contributed by atoms with Crippen molar-refractivity contribution in [2.45, 2.75) is 40.5 Å². The fraction of sp³-hybridized carbons (Fsp3) is 0.750. The number of halogens is 2. The first kappa shape index (κ1) is 18.4. The number of likely N-dealkylation sites (tertiary alicyclic amines) is 1. The molecule has 17 heavy (non-hydrogen) atoms. The van der Waals surface area contributed by atoms with Gasteiger partial charge in [0.15, 0.2) is 6.39 Å². The summed E-state index contributed by atoms with van der Waals surface area (Å²) >= 11 is 0. The first-order chi connectivity index (χ1) is 7.99. The molecule has 0 N–H and O–H groups in total. The van der Waals surface area contributed by atoms with E-state index in [4.69, 9.17) is 4.42 Å². The van der Waals surface area contributed by atoms with Crippen molar-refractivity contribution in [3.63, 3.8) is 0 Å². The van der Waals surface area contributed by atoms with Crippen LogP contribution in [0.4, 0.5) is 8.78 Å². The van der Waals surface area contributed by atoms with Crippen LogP contribution in [0.15, 0.2) is 17.0 Å². The molecule has 1 aromatic rings. The third-order valence-electron chi connectivity index (χ3n) is 1.56. The fourth-order valence-electron chi connectivity index (χ4n) is 1.02. The SMILES string of the molecule is CC.CC.CN1CC(F)(F)C1.Cc1cnco1. The highest BCUT2D eigenvalue weighted by Crippen LogP contribution is 2.23. The van der Waals surface area contributed by atoms with Crippen molar-refractivity contribution in [2.75, 3.05) is 20.1 Å². The molecule has 2 heterocycles. The Morgan fingerprint density at radius 3 is 1.76 bits per heavy atom. The highest BCUT2D eigenvalue weighted by molar-refractivity contribution is 4.83. The van der Waals surface area contributed by atoms with E-state index in [2.05, 4.69) is 4.98 Å². The molecule has 3 nitrogen and oxygen atoms in total. The highest BCUT2D eigenvalue weighted by atomic mass is 19.3. The number of oxazole rings is 1. The molecule has 1 aromatic heterocycles. The molecule has 5 heteroatoms. The molecule has 0 aliphatic carbocycles. The van der Waals surface area contributed by atoms with E-state index in [0.29, 0.717) is 0 Å². The first-order valence-corrected chi connectivity index (χ1v) is 5.91. The van der Waals surface area contributed by atoms with Crippen LogP contribution in [0.25, 0.3) is 0 Å². The van der Waals surface area contributed by atoms with Crippen LogP contribution >= 0.6 is 0 Å². The maximum atomic E-state index is 11.7.